The molecule has 4 atom stereocenters. The summed E-state index contributed by atoms with van der Waals surface area (Å²) in [5.41, 5.74) is 5.49. The van der Waals surface area contributed by atoms with E-state index in [1.807, 2.05) is 0 Å². The Morgan fingerprint density at radius 1 is 1.05 bits per heavy atom. The van der Waals surface area contributed by atoms with Crippen molar-refractivity contribution in [3.05, 3.63) is 23.8 Å². The van der Waals surface area contributed by atoms with Gasteiger partial charge >= 0.3 is 13.8 Å². The Balaban J connectivity index is 1.24. The zero-order valence-electron chi connectivity index (χ0n) is 23.0. The van der Waals surface area contributed by atoms with Crippen LogP contribution in [-0.2, 0) is 32.6 Å². The van der Waals surface area contributed by atoms with Crippen molar-refractivity contribution in [3.63, 3.8) is 0 Å². The first-order valence-electron chi connectivity index (χ1n) is 14.0. The number of hydrogen-bond acceptors (Lipinski definition) is 10. The molecule has 4 saturated heterocycles. The Labute approximate surface area is 237 Å². The Hall–Kier alpha value is -2.19. The number of Topliss-reactive ketones (excluding diaryl/α,β-unsaturated/α-hetero) is 1. The van der Waals surface area contributed by atoms with Gasteiger partial charge in [-0.05, 0) is 32.6 Å². The van der Waals surface area contributed by atoms with Crippen LogP contribution >= 0.6 is 7.75 Å². The van der Waals surface area contributed by atoms with Crippen molar-refractivity contribution in [1.29, 1.82) is 0 Å². The molecule has 2 N–H and O–H groups in total. The molecule has 1 aromatic carbocycles. The molecular weight excluding hydrogens is 565 g/mol. The molecule has 0 aliphatic carbocycles. The second kappa shape index (κ2) is 13.0. The van der Waals surface area contributed by atoms with Crippen LogP contribution in [0.5, 0.6) is 0 Å². The van der Waals surface area contributed by atoms with E-state index in [1.165, 1.54) is 11.8 Å². The standard InChI is InChI=1S/C26H37F2N4O8P/c1-17(33)24(29)23-14-32(26(34)40-23)18-12-21(27)25(22(28)13-18)30-6-8-31(9-7-30)41(35,38-15-19-4-2-10-36-19)39-16-20-5-3-11-37-20/h12-13,19-20,23-24H,2-11,14-16,29H2,1H3. The maximum absolute atomic E-state index is 15.3. The molecule has 1 amide bonds. The van der Waals surface area contributed by atoms with Gasteiger partial charge in [0, 0.05) is 51.5 Å². The molecule has 0 bridgehead atoms. The van der Waals surface area contributed by atoms with Crippen LogP contribution in [0.4, 0.5) is 25.0 Å². The summed E-state index contributed by atoms with van der Waals surface area (Å²) in [5, 5.41) is 0. The summed E-state index contributed by atoms with van der Waals surface area (Å²) in [7, 11) is -3.73. The quantitative estimate of drug-likeness (QED) is 0.375. The fourth-order valence-electron chi connectivity index (χ4n) is 5.43. The number of rotatable bonds is 11. The molecule has 4 aliphatic rings. The number of amides is 1. The van der Waals surface area contributed by atoms with E-state index in [-0.39, 0.29) is 75.3 Å². The van der Waals surface area contributed by atoms with E-state index in [0.717, 1.165) is 42.7 Å². The average Bonchev–Trinajstić information content (AvgIpc) is 3.73. The number of halogens is 2. The van der Waals surface area contributed by atoms with Gasteiger partial charge in [0.15, 0.2) is 11.6 Å². The van der Waals surface area contributed by atoms with E-state index in [2.05, 4.69) is 0 Å². The third-order valence-electron chi connectivity index (χ3n) is 7.83. The minimum absolute atomic E-state index is 0.0415. The molecule has 15 heteroatoms. The van der Waals surface area contributed by atoms with Crippen LogP contribution in [0.1, 0.15) is 32.6 Å². The smallest absolute Gasteiger partial charge is 0.414 e. The molecule has 228 valence electrons. The number of carbonyl (C=O) groups excluding carboxylic acids is 2. The lowest BCUT2D eigenvalue weighted by Gasteiger charge is -2.39. The summed E-state index contributed by atoms with van der Waals surface area (Å²) in [4.78, 5) is 26.5. The van der Waals surface area contributed by atoms with Crippen molar-refractivity contribution in [2.45, 2.75) is 57.0 Å². The highest BCUT2D eigenvalue weighted by atomic mass is 31.2. The lowest BCUT2D eigenvalue weighted by Crippen LogP contribution is -2.46. The number of ketones is 1. The summed E-state index contributed by atoms with van der Waals surface area (Å²) in [6, 6.07) is 1.07. The van der Waals surface area contributed by atoms with Gasteiger partial charge in [0.1, 0.15) is 23.6 Å². The SMILES string of the molecule is CC(=O)C(N)C1CN(c2cc(F)c(N3CCN(P(=O)(OCC4CCCO4)OCC4CCCO4)CC3)c(F)c2)C(=O)O1. The highest BCUT2D eigenvalue weighted by molar-refractivity contribution is 7.51. The maximum Gasteiger partial charge on any atom is 0.414 e. The molecular formula is C26H37F2N4O8P. The monoisotopic (exact) mass is 602 g/mol. The van der Waals surface area contributed by atoms with Crippen LogP contribution in [0.3, 0.4) is 0 Å². The van der Waals surface area contributed by atoms with Gasteiger partial charge < -0.3 is 24.8 Å². The molecule has 0 spiro atoms. The number of nitrogens with zero attached hydrogens (tertiary/aromatic N) is 3. The van der Waals surface area contributed by atoms with Gasteiger partial charge in [-0.15, -0.1) is 0 Å². The van der Waals surface area contributed by atoms with Gasteiger partial charge in [-0.3, -0.25) is 18.7 Å². The number of cyclic esters (lactones) is 1. The summed E-state index contributed by atoms with van der Waals surface area (Å²) in [5.74, 6) is -2.10. The highest BCUT2D eigenvalue weighted by Crippen LogP contribution is 2.53. The van der Waals surface area contributed by atoms with E-state index in [9.17, 15) is 14.2 Å². The van der Waals surface area contributed by atoms with E-state index < -0.39 is 37.6 Å². The maximum atomic E-state index is 15.3. The molecule has 0 saturated carbocycles. The number of ether oxygens (including phenoxy) is 3. The van der Waals surface area contributed by atoms with Crippen LogP contribution in [-0.4, -0.2) is 100 Å². The average molecular weight is 603 g/mol. The first kappa shape index (κ1) is 30.3. The molecule has 4 fully saturated rings. The Morgan fingerprint density at radius 3 is 2.10 bits per heavy atom. The zero-order valence-corrected chi connectivity index (χ0v) is 23.9. The minimum Gasteiger partial charge on any atom is -0.442 e. The van der Waals surface area contributed by atoms with Crippen LogP contribution in [0.2, 0.25) is 0 Å². The number of piperazine rings is 1. The van der Waals surface area contributed by atoms with E-state index in [0.29, 0.717) is 13.2 Å². The molecule has 4 heterocycles. The summed E-state index contributed by atoms with van der Waals surface area (Å²) < 4.78 is 74.2. The largest absolute Gasteiger partial charge is 0.442 e. The van der Waals surface area contributed by atoms with Crippen molar-refractivity contribution in [2.24, 2.45) is 5.73 Å². The number of nitrogens with two attached hydrogens (primary N) is 1. The number of hydrogen-bond donors (Lipinski definition) is 1. The van der Waals surface area contributed by atoms with Gasteiger partial charge in [-0.2, -0.15) is 0 Å². The van der Waals surface area contributed by atoms with Crippen LogP contribution < -0.4 is 15.5 Å². The van der Waals surface area contributed by atoms with Crippen molar-refractivity contribution < 1.29 is 46.2 Å². The summed E-state index contributed by atoms with van der Waals surface area (Å²) in [6.07, 6.45) is 1.39. The molecule has 41 heavy (non-hydrogen) atoms. The normalized spacial score (nSPS) is 27.7. The number of benzene rings is 1. The molecule has 1 aromatic rings. The highest BCUT2D eigenvalue weighted by Gasteiger charge is 2.41. The third-order valence-corrected chi connectivity index (χ3v) is 9.88. The predicted octanol–water partition coefficient (Wildman–Crippen LogP) is 2.83. The van der Waals surface area contributed by atoms with Crippen molar-refractivity contribution in [2.75, 3.05) is 69.0 Å². The van der Waals surface area contributed by atoms with Crippen molar-refractivity contribution in [3.8, 4) is 0 Å². The van der Waals surface area contributed by atoms with Gasteiger partial charge in [0.05, 0.1) is 37.7 Å². The summed E-state index contributed by atoms with van der Waals surface area (Å²) >= 11 is 0. The molecule has 12 nitrogen and oxygen atoms in total. The zero-order chi connectivity index (χ0) is 29.1. The minimum atomic E-state index is -3.73. The lowest BCUT2D eigenvalue weighted by molar-refractivity contribution is -0.120. The first-order chi connectivity index (χ1) is 19.6. The number of anilines is 2. The first-order valence-corrected chi connectivity index (χ1v) is 15.5. The Morgan fingerprint density at radius 2 is 1.61 bits per heavy atom. The molecule has 0 aromatic heterocycles. The second-order valence-electron chi connectivity index (χ2n) is 10.7. The third kappa shape index (κ3) is 6.90. The molecule has 4 aliphatic heterocycles. The predicted molar refractivity (Wildman–Crippen MR) is 144 cm³/mol. The number of carbonyl (C=O) groups is 2. The van der Waals surface area contributed by atoms with Crippen LogP contribution in [0, 0.1) is 11.6 Å². The van der Waals surface area contributed by atoms with Gasteiger partial charge in [0.2, 0.25) is 0 Å². The second-order valence-corrected chi connectivity index (χ2v) is 12.7. The molecule has 0 radical (unpaired) electrons. The molecule has 5 rings (SSSR count). The fraction of sp³-hybridized carbons (Fsp3) is 0.692. The van der Waals surface area contributed by atoms with Crippen LogP contribution in [0.25, 0.3) is 0 Å². The van der Waals surface area contributed by atoms with Gasteiger partial charge in [-0.25, -0.2) is 22.8 Å². The Bertz CT molecular complexity index is 1110. The van der Waals surface area contributed by atoms with E-state index in [1.54, 1.807) is 4.67 Å². The topological polar surface area (TPSA) is 133 Å². The lowest BCUT2D eigenvalue weighted by atomic mass is 10.1. The van der Waals surface area contributed by atoms with Gasteiger partial charge in [-0.1, -0.05) is 0 Å². The van der Waals surface area contributed by atoms with Gasteiger partial charge in [0.25, 0.3) is 0 Å². The Kier molecular flexibility index (Phi) is 9.59. The van der Waals surface area contributed by atoms with Crippen LogP contribution in [0.15, 0.2) is 12.1 Å². The van der Waals surface area contributed by atoms with E-state index >= 15 is 8.78 Å². The van der Waals surface area contributed by atoms with Crippen molar-refractivity contribution >= 4 is 31.0 Å². The molecule has 4 unspecified atom stereocenters. The summed E-state index contributed by atoms with van der Waals surface area (Å²) in [6.45, 7) is 3.37. The van der Waals surface area contributed by atoms with E-state index in [4.69, 9.17) is 29.0 Å². The van der Waals surface area contributed by atoms with Crippen molar-refractivity contribution in [1.82, 2.24) is 4.67 Å². The fourth-order valence-corrected chi connectivity index (χ4v) is 7.20.